The van der Waals surface area contributed by atoms with Crippen molar-refractivity contribution < 1.29 is 4.79 Å². The predicted molar refractivity (Wildman–Crippen MR) is 85.9 cm³/mol. The molecule has 4 aliphatic carbocycles. The summed E-state index contributed by atoms with van der Waals surface area (Å²) in [6.07, 6.45) is 11.3. The normalized spacial score (nSPS) is 51.1. The summed E-state index contributed by atoms with van der Waals surface area (Å²) in [6.45, 7) is 9.75. The number of hydrogen-bond acceptors (Lipinski definition) is 1. The molecule has 0 amide bonds. The van der Waals surface area contributed by atoms with Gasteiger partial charge >= 0.3 is 0 Å². The minimum absolute atomic E-state index is 0.266. The summed E-state index contributed by atoms with van der Waals surface area (Å²) in [5.74, 6) is 2.31. The van der Waals surface area contributed by atoms with E-state index < -0.39 is 0 Å². The molecule has 0 N–H and O–H groups in total. The van der Waals surface area contributed by atoms with Crippen molar-refractivity contribution in [2.24, 2.45) is 34.0 Å². The van der Waals surface area contributed by atoms with Crippen molar-refractivity contribution in [1.29, 1.82) is 0 Å². The van der Waals surface area contributed by atoms with Crippen LogP contribution >= 0.6 is 0 Å². The third-order valence-corrected chi connectivity index (χ3v) is 8.30. The molecule has 0 radical (unpaired) electrons. The lowest BCUT2D eigenvalue weighted by atomic mass is 9.39. The fourth-order valence-corrected chi connectivity index (χ4v) is 7.27. The van der Waals surface area contributed by atoms with Crippen LogP contribution in [-0.2, 0) is 4.79 Å². The Morgan fingerprint density at radius 1 is 1.14 bits per heavy atom. The van der Waals surface area contributed by atoms with Crippen molar-refractivity contribution in [3.8, 4) is 0 Å². The Morgan fingerprint density at radius 2 is 1.90 bits per heavy atom. The summed E-state index contributed by atoms with van der Waals surface area (Å²) >= 11 is 0. The Morgan fingerprint density at radius 3 is 2.67 bits per heavy atom. The fourth-order valence-electron chi connectivity index (χ4n) is 7.27. The van der Waals surface area contributed by atoms with E-state index >= 15 is 0 Å². The van der Waals surface area contributed by atoms with Crippen molar-refractivity contribution in [3.63, 3.8) is 0 Å². The number of ketones is 1. The molecule has 1 heteroatoms. The van der Waals surface area contributed by atoms with Gasteiger partial charge in [-0.1, -0.05) is 38.8 Å². The lowest BCUT2D eigenvalue weighted by Crippen LogP contribution is -2.57. The Labute approximate surface area is 129 Å². The molecule has 5 atom stereocenters. The maximum Gasteiger partial charge on any atom is 0.140 e. The van der Waals surface area contributed by atoms with Crippen LogP contribution in [-0.4, -0.2) is 5.78 Å². The van der Waals surface area contributed by atoms with E-state index in [-0.39, 0.29) is 5.92 Å². The van der Waals surface area contributed by atoms with Gasteiger partial charge in [0.15, 0.2) is 0 Å². The summed E-state index contributed by atoms with van der Waals surface area (Å²) in [5.41, 5.74) is 2.54. The summed E-state index contributed by atoms with van der Waals surface area (Å²) in [6, 6.07) is 0. The van der Waals surface area contributed by atoms with Gasteiger partial charge in [-0.2, -0.15) is 0 Å². The Balaban J connectivity index is 1.85. The van der Waals surface area contributed by atoms with Gasteiger partial charge in [0, 0.05) is 12.3 Å². The van der Waals surface area contributed by atoms with Crippen LogP contribution in [0, 0.1) is 34.0 Å². The number of rotatable bonds is 0. The van der Waals surface area contributed by atoms with Gasteiger partial charge in [-0.05, 0) is 67.1 Å². The first-order valence-corrected chi connectivity index (χ1v) is 9.01. The van der Waals surface area contributed by atoms with Crippen LogP contribution in [0.2, 0.25) is 0 Å². The summed E-state index contributed by atoms with van der Waals surface area (Å²) in [4.78, 5) is 12.7. The number of carbonyl (C=O) groups excluding carboxylic acids is 1. The van der Waals surface area contributed by atoms with Crippen molar-refractivity contribution in [1.82, 2.24) is 0 Å². The van der Waals surface area contributed by atoms with Crippen LogP contribution in [0.3, 0.4) is 0 Å². The molecule has 2 bridgehead atoms. The first-order chi connectivity index (χ1) is 9.80. The highest BCUT2D eigenvalue weighted by molar-refractivity contribution is 5.87. The van der Waals surface area contributed by atoms with Crippen LogP contribution < -0.4 is 0 Å². The average molecular weight is 286 g/mol. The predicted octanol–water partition coefficient (Wildman–Crippen LogP) is 5.15. The second-order valence-electron chi connectivity index (χ2n) is 9.46. The molecule has 0 aliphatic heterocycles. The van der Waals surface area contributed by atoms with Gasteiger partial charge in [-0.25, -0.2) is 0 Å². The minimum Gasteiger partial charge on any atom is -0.299 e. The zero-order valence-electron chi connectivity index (χ0n) is 14.2. The Bertz CT molecular complexity index is 528. The number of allylic oxidation sites excluding steroid dienone is 2. The molecule has 21 heavy (non-hydrogen) atoms. The van der Waals surface area contributed by atoms with E-state index in [0.717, 1.165) is 12.3 Å². The second kappa shape index (κ2) is 4.03. The van der Waals surface area contributed by atoms with E-state index in [1.165, 1.54) is 44.1 Å². The van der Waals surface area contributed by atoms with E-state index in [2.05, 4.69) is 33.8 Å². The van der Waals surface area contributed by atoms with Gasteiger partial charge in [0.2, 0.25) is 0 Å². The first kappa shape index (κ1) is 14.0. The molecule has 4 rings (SSSR count). The number of carbonyl (C=O) groups is 1. The quantitative estimate of drug-likeness (QED) is 0.562. The molecule has 1 spiro atoms. The average Bonchev–Trinajstić information content (AvgIpc) is 2.69. The topological polar surface area (TPSA) is 17.1 Å². The molecule has 116 valence electrons. The highest BCUT2D eigenvalue weighted by Gasteiger charge is 2.66. The minimum atomic E-state index is 0.266. The molecule has 0 aromatic heterocycles. The van der Waals surface area contributed by atoms with Crippen molar-refractivity contribution in [3.05, 3.63) is 11.6 Å². The molecule has 3 fully saturated rings. The standard InChI is InChI=1S/C20H30O/c1-13-10-14-6-7-17-18(2,3)8-5-9-19(17,4)20(14)11-15(13)16(21)12-20/h10,14-15,17H,5-9,11-12H2,1-4H3/t14-,15+,17-,19-,20-/m0/s1. The molecule has 0 aromatic rings. The van der Waals surface area contributed by atoms with E-state index in [1.54, 1.807) is 0 Å². The number of fused-ring (bicyclic) bond motifs is 2. The van der Waals surface area contributed by atoms with Gasteiger partial charge < -0.3 is 0 Å². The van der Waals surface area contributed by atoms with E-state index in [1.807, 2.05) is 0 Å². The molecule has 0 heterocycles. The van der Waals surface area contributed by atoms with Crippen LogP contribution in [0.4, 0.5) is 0 Å². The number of Topliss-reactive ketones (excluding diaryl/α,β-unsaturated/α-hetero) is 1. The largest absolute Gasteiger partial charge is 0.299 e. The third-order valence-electron chi connectivity index (χ3n) is 8.30. The molecule has 0 aromatic carbocycles. The molecular weight excluding hydrogens is 256 g/mol. The Hall–Kier alpha value is -0.590. The van der Waals surface area contributed by atoms with Gasteiger partial charge in [-0.15, -0.1) is 0 Å². The van der Waals surface area contributed by atoms with Crippen molar-refractivity contribution >= 4 is 5.78 Å². The molecule has 0 unspecified atom stereocenters. The zero-order valence-corrected chi connectivity index (χ0v) is 14.2. The number of hydrogen-bond donors (Lipinski definition) is 0. The molecule has 4 aliphatic rings. The molecule has 0 saturated heterocycles. The summed E-state index contributed by atoms with van der Waals surface area (Å²) in [7, 11) is 0. The summed E-state index contributed by atoms with van der Waals surface area (Å²) in [5, 5.41) is 0. The lowest BCUT2D eigenvalue weighted by Gasteiger charge is -2.65. The van der Waals surface area contributed by atoms with Crippen LogP contribution in [0.1, 0.15) is 72.6 Å². The fraction of sp³-hybridized carbons (Fsp3) is 0.850. The lowest BCUT2D eigenvalue weighted by molar-refractivity contribution is -0.152. The van der Waals surface area contributed by atoms with Gasteiger partial charge in [0.05, 0.1) is 0 Å². The SMILES string of the molecule is CC1=C[C@@H]2CC[C@H]3C(C)(C)CCC[C@]3(C)[C@@]23CC(=O)[C@@H]1C3. The van der Waals surface area contributed by atoms with E-state index in [9.17, 15) is 4.79 Å². The second-order valence-corrected chi connectivity index (χ2v) is 9.46. The van der Waals surface area contributed by atoms with Crippen molar-refractivity contribution in [2.45, 2.75) is 72.6 Å². The summed E-state index contributed by atoms with van der Waals surface area (Å²) < 4.78 is 0. The van der Waals surface area contributed by atoms with Gasteiger partial charge in [0.1, 0.15) is 5.78 Å². The highest BCUT2D eigenvalue weighted by Crippen LogP contribution is 2.72. The third kappa shape index (κ3) is 1.56. The first-order valence-electron chi connectivity index (χ1n) is 9.01. The van der Waals surface area contributed by atoms with Crippen LogP contribution in [0.25, 0.3) is 0 Å². The molecular formula is C20H30O. The van der Waals surface area contributed by atoms with Gasteiger partial charge in [-0.3, -0.25) is 4.79 Å². The zero-order chi connectivity index (χ0) is 15.0. The van der Waals surface area contributed by atoms with E-state index in [0.29, 0.717) is 27.9 Å². The molecule has 3 saturated carbocycles. The van der Waals surface area contributed by atoms with Crippen LogP contribution in [0.15, 0.2) is 11.6 Å². The smallest absolute Gasteiger partial charge is 0.140 e. The van der Waals surface area contributed by atoms with E-state index in [4.69, 9.17) is 0 Å². The molecule has 1 nitrogen and oxygen atoms in total. The Kier molecular flexibility index (Phi) is 2.69. The highest BCUT2D eigenvalue weighted by atomic mass is 16.1. The maximum atomic E-state index is 12.7. The monoisotopic (exact) mass is 286 g/mol. The van der Waals surface area contributed by atoms with Crippen LogP contribution in [0.5, 0.6) is 0 Å². The maximum absolute atomic E-state index is 12.7. The van der Waals surface area contributed by atoms with Crippen molar-refractivity contribution in [2.75, 3.05) is 0 Å². The van der Waals surface area contributed by atoms with Gasteiger partial charge in [0.25, 0.3) is 0 Å².